The number of halogens is 4. The number of aromatic nitrogens is 8. The molecule has 5 aliphatic heterocycles. The van der Waals surface area contributed by atoms with Crippen molar-refractivity contribution in [3.05, 3.63) is 124 Å². The zero-order valence-electron chi connectivity index (χ0n) is 69.2. The van der Waals surface area contributed by atoms with Gasteiger partial charge in [-0.3, -0.25) is 34.8 Å². The van der Waals surface area contributed by atoms with Gasteiger partial charge in [0.05, 0.1) is 64.9 Å². The molecule has 1 saturated heterocycles. The third-order valence-corrected chi connectivity index (χ3v) is 17.4. The first-order valence-electron chi connectivity index (χ1n) is 36.3. The van der Waals surface area contributed by atoms with Gasteiger partial charge in [-0.25, -0.2) is 41.2 Å². The van der Waals surface area contributed by atoms with Gasteiger partial charge >= 0.3 is 71.9 Å². The number of urea groups is 1. The van der Waals surface area contributed by atoms with E-state index in [1.165, 1.54) is 32.8 Å². The van der Waals surface area contributed by atoms with Crippen LogP contribution in [0.25, 0.3) is 9.69 Å². The van der Waals surface area contributed by atoms with Crippen LogP contribution in [0, 0.1) is 30.4 Å². The fraction of sp³-hybridized carbons (Fsp3) is 0.575. The number of hydrogen-bond acceptors (Lipinski definition) is 25. The predicted octanol–water partition coefficient (Wildman–Crippen LogP) is 8.32. The normalized spacial score (nSPS) is 14.1. The molecule has 42 heteroatoms. The van der Waals surface area contributed by atoms with Crippen LogP contribution in [0.3, 0.4) is 0 Å². The predicted molar refractivity (Wildman–Crippen MR) is 437 cm³/mol. The third-order valence-electron chi connectivity index (χ3n) is 15.2. The van der Waals surface area contributed by atoms with E-state index < -0.39 is 40.5 Å². The fourth-order valence-corrected chi connectivity index (χ4v) is 11.5. The van der Waals surface area contributed by atoms with E-state index in [2.05, 4.69) is 126 Å². The van der Waals surface area contributed by atoms with E-state index in [0.29, 0.717) is 88.5 Å². The number of anilines is 2. The summed E-state index contributed by atoms with van der Waals surface area (Å²) >= 11 is 16.0. The van der Waals surface area contributed by atoms with E-state index in [1.807, 2.05) is 53.7 Å². The number of carbonyl (C=O) groups is 8. The molecule has 0 radical (unpaired) electrons. The van der Waals surface area contributed by atoms with Gasteiger partial charge in [0.15, 0.2) is 5.78 Å². The Bertz CT molecular complexity index is 3960. The van der Waals surface area contributed by atoms with Crippen LogP contribution in [0.15, 0.2) is 50.9 Å². The summed E-state index contributed by atoms with van der Waals surface area (Å²) in [5, 5.41) is 50.5. The first kappa shape index (κ1) is 105. The maximum atomic E-state index is 12.2. The molecule has 1 aromatic carbocycles. The number of likely N-dealkylation sites (tertiary alicyclic amines) is 1. The number of nitriles is 1. The number of esters is 2. The molecule has 1 atom stereocenters. The first-order chi connectivity index (χ1) is 53.5. The zero-order chi connectivity index (χ0) is 86.1. The molecule has 6 amide bonds. The summed E-state index contributed by atoms with van der Waals surface area (Å²) < 4.78 is 32.9. The number of Topliss-reactive ketones (excluding diaryl/α,β-unsaturated/α-hetero) is 1. The molecule has 1 fully saturated rings. The number of nitrogen functional groups attached to an aromatic ring is 1. The van der Waals surface area contributed by atoms with Crippen molar-refractivity contribution in [1.29, 1.82) is 5.26 Å². The molecule has 1 unspecified atom stereocenters. The van der Waals surface area contributed by atoms with Gasteiger partial charge in [0.25, 0.3) is 0 Å². The topological polar surface area (TPSA) is 490 Å². The molecule has 5 aliphatic rings. The Morgan fingerprint density at radius 2 is 1.12 bits per heavy atom. The van der Waals surface area contributed by atoms with Gasteiger partial charge < -0.3 is 86.5 Å². The molecule has 115 heavy (non-hydrogen) atoms. The van der Waals surface area contributed by atoms with E-state index in [0.717, 1.165) is 86.4 Å². The molecule has 5 aromatic rings. The number of piperidine rings is 1. The van der Waals surface area contributed by atoms with Gasteiger partial charge in [-0.2, -0.15) is 25.7 Å². The number of fused-ring (bicyclic) bond motifs is 4. The Morgan fingerprint density at radius 3 is 1.57 bits per heavy atom. The van der Waals surface area contributed by atoms with Crippen LogP contribution in [-0.2, 0) is 94.7 Å². The number of amides is 6. The number of ketones is 1. The number of nitrogens with one attached hydrogen (secondary N) is 7. The molecular formula is C73H111Br3ClN22NaO15. The summed E-state index contributed by atoms with van der Waals surface area (Å²) in [6.07, 6.45) is 3.65. The average molecular weight is 1830 g/mol. The Hall–Kier alpha value is -8.44. The van der Waals surface area contributed by atoms with Crippen molar-refractivity contribution in [2.45, 2.75) is 190 Å². The number of nitrogens with two attached hydrogens (primary N) is 3. The summed E-state index contributed by atoms with van der Waals surface area (Å²) in [6, 6.07) is 8.88. The van der Waals surface area contributed by atoms with E-state index in [9.17, 15) is 38.4 Å². The number of hydrogen-bond donors (Lipinski definition) is 11. The van der Waals surface area contributed by atoms with Crippen LogP contribution in [0.4, 0.5) is 35.5 Å². The minimum atomic E-state index is -0.707. The second-order valence-electron chi connectivity index (χ2n) is 28.8. The molecule has 14 N–H and O–H groups in total. The Labute approximate surface area is 725 Å². The van der Waals surface area contributed by atoms with Crippen LogP contribution in [-0.4, -0.2) is 220 Å². The largest absolute Gasteiger partial charge is 1.00 e. The summed E-state index contributed by atoms with van der Waals surface area (Å²) in [5.41, 5.74) is 19.4. The Balaban J connectivity index is 0.00000132. The minimum Gasteiger partial charge on any atom is -1.00 e. The van der Waals surface area contributed by atoms with Gasteiger partial charge in [0.2, 0.25) is 6.54 Å². The van der Waals surface area contributed by atoms with Crippen molar-refractivity contribution in [3.8, 4) is 6.07 Å². The summed E-state index contributed by atoms with van der Waals surface area (Å²) in [7, 11) is 0. The summed E-state index contributed by atoms with van der Waals surface area (Å²) in [5.74, 6) is 3.24. The van der Waals surface area contributed by atoms with E-state index in [1.54, 1.807) is 88.3 Å². The van der Waals surface area contributed by atoms with Crippen LogP contribution >= 0.6 is 59.4 Å². The number of ether oxygens (including phenoxy) is 6. The number of H-pyrrole nitrogens is 4. The molecular weight excluding hydrogens is 1720 g/mol. The van der Waals surface area contributed by atoms with Crippen molar-refractivity contribution in [2.75, 3.05) is 89.7 Å². The fourth-order valence-electron chi connectivity index (χ4n) is 9.97. The molecule has 632 valence electrons. The summed E-state index contributed by atoms with van der Waals surface area (Å²) in [6.45, 7) is 48.9. The van der Waals surface area contributed by atoms with E-state index >= 15 is 0 Å². The number of rotatable bonds is 10. The number of nitrogens with zero attached hydrogens (tertiary/aromatic N) is 12. The van der Waals surface area contributed by atoms with Gasteiger partial charge in [0.1, 0.15) is 54.1 Å². The van der Waals surface area contributed by atoms with Crippen molar-refractivity contribution in [2.24, 2.45) is 17.5 Å². The number of hydrazine groups is 1. The average Bonchev–Trinajstić information content (AvgIpc) is 1.64. The van der Waals surface area contributed by atoms with Crippen molar-refractivity contribution in [3.63, 3.8) is 0 Å². The zero-order valence-corrected chi connectivity index (χ0v) is 75.7. The van der Waals surface area contributed by atoms with Crippen LogP contribution in [0.1, 0.15) is 163 Å². The molecule has 10 rings (SSSR count). The minimum absolute atomic E-state index is 0. The van der Waals surface area contributed by atoms with Crippen LogP contribution in [0.5, 0.6) is 0 Å². The number of carbonyl (C=O) groups excluding carboxylic acids is 8. The van der Waals surface area contributed by atoms with Crippen molar-refractivity contribution in [1.82, 2.24) is 76.2 Å². The maximum absolute atomic E-state index is 12.2. The second-order valence-corrected chi connectivity index (χ2v) is 31.5. The number of aromatic amines is 4. The Kier molecular flexibility index (Phi) is 48.2. The first-order valence-corrected chi connectivity index (χ1v) is 39.0. The van der Waals surface area contributed by atoms with Gasteiger partial charge in [-0.05, 0) is 163 Å². The molecule has 37 nitrogen and oxygen atoms in total. The van der Waals surface area contributed by atoms with Crippen molar-refractivity contribution < 1.29 is 103 Å². The monoisotopic (exact) mass is 1830 g/mol. The SMILES string of the molecule is Brc1n[nH]c2c1CNCC2.CC(C)(C)OC(=O)N1CCC(=O)C(C#N)C1.CC(C)(C)OC(=O)N1CCc2[nH]nc(Br)c2C1.CC(C)(C)OC(=O)N1CCc2[nH]nc(N)c2C1.CCOC(=O)CCN.NNO.O=C(Nc1cccc(Cl)c1)N1CCc2[nH]nc(Br)c2C1.[C-]#[N+]C=C.[C-]#[N+]CCN(CCC(=O)OCC)C(=O)OC(C)(C)C.[H-].[Na+]. The van der Waals surface area contributed by atoms with Gasteiger partial charge in [-0.15, -0.1) is 12.2 Å². The van der Waals surface area contributed by atoms with Crippen LogP contribution in [0.2, 0.25) is 5.02 Å². The molecule has 0 spiro atoms. The third kappa shape index (κ3) is 41.3. The van der Waals surface area contributed by atoms with Gasteiger partial charge in [-0.1, -0.05) is 17.7 Å². The van der Waals surface area contributed by atoms with Gasteiger partial charge in [0, 0.05) is 147 Å². The molecule has 0 aliphatic carbocycles. The summed E-state index contributed by atoms with van der Waals surface area (Å²) in [4.78, 5) is 106. The quantitative estimate of drug-likeness (QED) is 0.0156. The van der Waals surface area contributed by atoms with E-state index in [4.69, 9.17) is 70.4 Å². The maximum Gasteiger partial charge on any atom is 1.00 e. The molecule has 0 bridgehead atoms. The standard InChI is InChI=1S/C13H12BrClN4O.C13H22N2O4.C11H16BrN3O2.C11H18N4O2.C11H16N2O3.C6H8BrN3.C5H11NO2.C3H3N.H4N2O.Na.H/c14-12-10-7-19(5-4-11(10)17-18-12)13(20)16-9-3-1-2-8(15)6-9;1-6-18-11(16)7-9-15(10-8-14-5)12(17)19-13(2,3)4;2*1-11(2,3)17-10(16)15-5-4-8-7(6-15)9(12)14-13-8;1-11(2,3)16-10(15)13-5-4-9(14)8(6-12)7-13;7-6-4-3-8-2-1-5(4)9-10-6;1-2-8-5(7)3-4-6;1-3-4-2;1-2-3;;/h1-3,6H,4-5,7H2,(H,16,20)(H,17,18);6-10H2,1-4H3;4-6H2,1-3H3,(H,13,14);4-6H2,1-3H3,(H3,12,13,14);8H,4-5,7H2,1-3H3;8H,1-3H2,(H,9,10);2-4,6H2,1H3;3H,1H2;2-3H,1H2;;/q;;;;;;;;;+1;-1. The van der Waals surface area contributed by atoms with E-state index in [-0.39, 0.29) is 106 Å². The number of benzene rings is 1. The molecule has 4 aromatic heterocycles. The molecule has 0 saturated carbocycles. The second kappa shape index (κ2) is 53.0. The smallest absolute Gasteiger partial charge is 1.00 e. The Morgan fingerprint density at radius 1 is 0.696 bits per heavy atom. The van der Waals surface area contributed by atoms with Crippen molar-refractivity contribution >= 4 is 119 Å². The molecule has 9 heterocycles. The van der Waals surface area contributed by atoms with Crippen LogP contribution < -0.4 is 63.1 Å².